The van der Waals surface area contributed by atoms with Crippen LogP contribution in [-0.2, 0) is 4.79 Å². The van der Waals surface area contributed by atoms with E-state index in [1.807, 2.05) is 6.92 Å². The van der Waals surface area contributed by atoms with Gasteiger partial charge in [0.1, 0.15) is 0 Å². The molecule has 0 saturated carbocycles. The number of rotatable bonds is 5. The number of nitrogens with zero attached hydrogens (tertiary/aromatic N) is 1. The summed E-state index contributed by atoms with van der Waals surface area (Å²) in [5, 5.41) is 0. The molecule has 0 N–H and O–H groups in total. The minimum absolute atomic E-state index is 0.140. The van der Waals surface area contributed by atoms with E-state index >= 15 is 0 Å². The first-order valence-corrected chi connectivity index (χ1v) is 4.16. The molecule has 0 aromatic carbocycles. The second-order valence-electron chi connectivity index (χ2n) is 2.86. The second kappa shape index (κ2) is 6.08. The molecule has 0 unspecified atom stereocenters. The van der Waals surface area contributed by atoms with Gasteiger partial charge in [-0.15, -0.1) is 0 Å². The average molecular weight is 155 g/mol. The van der Waals surface area contributed by atoms with Crippen molar-refractivity contribution in [3.63, 3.8) is 0 Å². The molecule has 64 valence electrons. The number of aliphatic imine (C=N–C) groups is 1. The van der Waals surface area contributed by atoms with Crippen LogP contribution in [-0.4, -0.2) is 18.0 Å². The normalized spacial score (nSPS) is 11.7. The van der Waals surface area contributed by atoms with Gasteiger partial charge in [0.25, 0.3) is 0 Å². The summed E-state index contributed by atoms with van der Waals surface area (Å²) in [7, 11) is 0. The molecule has 0 fully saturated rings. The second-order valence-corrected chi connectivity index (χ2v) is 2.86. The van der Waals surface area contributed by atoms with E-state index in [1.54, 1.807) is 6.92 Å². The molecule has 0 aliphatic carbocycles. The molecule has 11 heavy (non-hydrogen) atoms. The van der Waals surface area contributed by atoms with E-state index in [0.717, 1.165) is 12.1 Å². The van der Waals surface area contributed by atoms with Crippen LogP contribution in [0.4, 0.5) is 0 Å². The van der Waals surface area contributed by atoms with Crippen LogP contribution < -0.4 is 0 Å². The van der Waals surface area contributed by atoms with Gasteiger partial charge in [-0.25, -0.2) is 0 Å². The molecule has 0 aliphatic rings. The van der Waals surface area contributed by atoms with Gasteiger partial charge in [-0.05, 0) is 26.7 Å². The topological polar surface area (TPSA) is 29.4 Å². The molecule has 0 amide bonds. The zero-order chi connectivity index (χ0) is 8.69. The molecule has 0 heterocycles. The van der Waals surface area contributed by atoms with Crippen molar-refractivity contribution in [3.8, 4) is 0 Å². The fraction of sp³-hybridized carbons (Fsp3) is 0.778. The summed E-state index contributed by atoms with van der Waals surface area (Å²) in [5.41, 5.74) is 1.10. The molecular weight excluding hydrogens is 138 g/mol. The van der Waals surface area contributed by atoms with Gasteiger partial charge < -0.3 is 0 Å². The predicted molar refractivity (Wildman–Crippen MR) is 48.2 cm³/mol. The summed E-state index contributed by atoms with van der Waals surface area (Å²) in [4.78, 5) is 14.6. The summed E-state index contributed by atoms with van der Waals surface area (Å²) < 4.78 is 0. The third-order valence-electron chi connectivity index (χ3n) is 1.46. The lowest BCUT2D eigenvalue weighted by Gasteiger charge is -1.96. The molecule has 0 rings (SSSR count). The Morgan fingerprint density at radius 3 is 2.45 bits per heavy atom. The first-order valence-electron chi connectivity index (χ1n) is 4.16. The molecule has 0 saturated heterocycles. The summed E-state index contributed by atoms with van der Waals surface area (Å²) in [6.45, 7) is 6.06. The summed E-state index contributed by atoms with van der Waals surface area (Å²) in [6, 6.07) is 0. The molecule has 0 aliphatic heterocycles. The van der Waals surface area contributed by atoms with Crippen molar-refractivity contribution in [3.05, 3.63) is 0 Å². The number of carbonyl (C=O) groups is 1. The Kier molecular flexibility index (Phi) is 5.71. The lowest BCUT2D eigenvalue weighted by molar-refractivity contribution is -0.115. The van der Waals surface area contributed by atoms with Gasteiger partial charge in [0, 0.05) is 5.71 Å². The first kappa shape index (κ1) is 10.3. The van der Waals surface area contributed by atoms with Crippen LogP contribution in [0.15, 0.2) is 4.99 Å². The Bertz CT molecular complexity index is 150. The van der Waals surface area contributed by atoms with E-state index in [1.165, 1.54) is 12.8 Å². The fourth-order valence-electron chi connectivity index (χ4n) is 0.758. The first-order chi connectivity index (χ1) is 5.16. The van der Waals surface area contributed by atoms with Gasteiger partial charge in [0.15, 0.2) is 5.78 Å². The average Bonchev–Trinajstić information content (AvgIpc) is 1.97. The van der Waals surface area contributed by atoms with E-state index in [2.05, 4.69) is 11.9 Å². The molecular formula is C9H17NO. The number of unbranched alkanes of at least 4 members (excludes halogenated alkanes) is 1. The number of hydrogen-bond acceptors (Lipinski definition) is 2. The number of carbonyl (C=O) groups excluding carboxylic acids is 1. The summed E-state index contributed by atoms with van der Waals surface area (Å²) in [5.74, 6) is 0.140. The highest BCUT2D eigenvalue weighted by Gasteiger charge is 1.92. The largest absolute Gasteiger partial charge is 0.298 e. The molecule has 0 aromatic heterocycles. The monoisotopic (exact) mass is 155 g/mol. The Labute approximate surface area is 68.7 Å². The van der Waals surface area contributed by atoms with E-state index in [4.69, 9.17) is 0 Å². The van der Waals surface area contributed by atoms with Crippen molar-refractivity contribution in [2.24, 2.45) is 4.99 Å². The van der Waals surface area contributed by atoms with Crippen molar-refractivity contribution in [1.82, 2.24) is 0 Å². The number of ketones is 1. The van der Waals surface area contributed by atoms with Crippen molar-refractivity contribution >= 4 is 11.5 Å². The van der Waals surface area contributed by atoms with Gasteiger partial charge in [-0.2, -0.15) is 0 Å². The Morgan fingerprint density at radius 2 is 2.00 bits per heavy atom. The van der Waals surface area contributed by atoms with Gasteiger partial charge >= 0.3 is 0 Å². The van der Waals surface area contributed by atoms with Gasteiger partial charge in [-0.3, -0.25) is 9.79 Å². The van der Waals surface area contributed by atoms with Crippen LogP contribution in [0.5, 0.6) is 0 Å². The molecule has 0 bridgehead atoms. The quantitative estimate of drug-likeness (QED) is 0.560. The number of Topliss-reactive ketones (excluding diaryl/α,β-unsaturated/α-hetero) is 1. The van der Waals surface area contributed by atoms with E-state index in [0.29, 0.717) is 6.54 Å². The Hall–Kier alpha value is -0.660. The molecule has 0 radical (unpaired) electrons. The van der Waals surface area contributed by atoms with Crippen molar-refractivity contribution in [2.45, 2.75) is 40.0 Å². The van der Waals surface area contributed by atoms with E-state index < -0.39 is 0 Å². The minimum atomic E-state index is 0.140. The molecule has 2 heteroatoms. The van der Waals surface area contributed by atoms with Crippen molar-refractivity contribution in [2.75, 3.05) is 6.54 Å². The predicted octanol–water partition coefficient (Wildman–Crippen LogP) is 2.23. The maximum atomic E-state index is 10.5. The standard InChI is InChI=1S/C9H17NO/c1-4-5-6-8(2)10-7-9(3)11/h4-7H2,1-3H3. The van der Waals surface area contributed by atoms with Gasteiger partial charge in [0.2, 0.25) is 0 Å². The highest BCUT2D eigenvalue weighted by molar-refractivity contribution is 5.85. The lowest BCUT2D eigenvalue weighted by atomic mass is 10.2. The minimum Gasteiger partial charge on any atom is -0.298 e. The van der Waals surface area contributed by atoms with Crippen LogP contribution in [0.25, 0.3) is 0 Å². The van der Waals surface area contributed by atoms with Crippen molar-refractivity contribution in [1.29, 1.82) is 0 Å². The molecule has 0 aromatic rings. The van der Waals surface area contributed by atoms with Crippen LogP contribution in [0.1, 0.15) is 40.0 Å². The van der Waals surface area contributed by atoms with Crippen molar-refractivity contribution < 1.29 is 4.79 Å². The van der Waals surface area contributed by atoms with Crippen LogP contribution in [0, 0.1) is 0 Å². The zero-order valence-corrected chi connectivity index (χ0v) is 7.68. The lowest BCUT2D eigenvalue weighted by Crippen LogP contribution is -1.99. The molecule has 2 nitrogen and oxygen atoms in total. The third-order valence-corrected chi connectivity index (χ3v) is 1.46. The Morgan fingerprint density at radius 1 is 1.36 bits per heavy atom. The van der Waals surface area contributed by atoms with Crippen LogP contribution in [0.3, 0.4) is 0 Å². The third kappa shape index (κ3) is 7.23. The van der Waals surface area contributed by atoms with Crippen LogP contribution >= 0.6 is 0 Å². The highest BCUT2D eigenvalue weighted by Crippen LogP contribution is 1.96. The maximum absolute atomic E-state index is 10.5. The SMILES string of the molecule is CCCCC(C)=NCC(C)=O. The van der Waals surface area contributed by atoms with Gasteiger partial charge in [-0.1, -0.05) is 13.3 Å². The van der Waals surface area contributed by atoms with E-state index in [-0.39, 0.29) is 5.78 Å². The highest BCUT2D eigenvalue weighted by atomic mass is 16.1. The van der Waals surface area contributed by atoms with Crippen LogP contribution in [0.2, 0.25) is 0 Å². The maximum Gasteiger partial charge on any atom is 0.151 e. The molecule has 0 atom stereocenters. The summed E-state index contributed by atoms with van der Waals surface area (Å²) >= 11 is 0. The Balaban J connectivity index is 3.54. The van der Waals surface area contributed by atoms with E-state index in [9.17, 15) is 4.79 Å². The summed E-state index contributed by atoms with van der Waals surface area (Å²) in [6.07, 6.45) is 3.39. The van der Waals surface area contributed by atoms with Gasteiger partial charge in [0.05, 0.1) is 6.54 Å². The molecule has 0 spiro atoms. The number of hydrogen-bond donors (Lipinski definition) is 0. The zero-order valence-electron chi connectivity index (χ0n) is 7.68. The fourth-order valence-corrected chi connectivity index (χ4v) is 0.758. The smallest absolute Gasteiger partial charge is 0.151 e.